The van der Waals surface area contributed by atoms with E-state index in [-0.39, 0.29) is 0 Å². The maximum atomic E-state index is 4.18. The first kappa shape index (κ1) is 8.87. The SMILES string of the molecule is Cc1c(CNn2cccc2)cnn1C. The molecule has 0 saturated heterocycles. The lowest BCUT2D eigenvalue weighted by molar-refractivity contribution is 0.736. The normalized spacial score (nSPS) is 10.4. The number of aryl methyl sites for hydroxylation is 1. The van der Waals surface area contributed by atoms with Gasteiger partial charge in [0.25, 0.3) is 0 Å². The largest absolute Gasteiger partial charge is 0.322 e. The van der Waals surface area contributed by atoms with Crippen molar-refractivity contribution < 1.29 is 0 Å². The van der Waals surface area contributed by atoms with Crippen LogP contribution in [-0.4, -0.2) is 14.5 Å². The molecule has 4 nitrogen and oxygen atoms in total. The molecule has 2 aromatic rings. The summed E-state index contributed by atoms with van der Waals surface area (Å²) in [6.07, 6.45) is 5.85. The van der Waals surface area contributed by atoms with Crippen LogP contribution >= 0.6 is 0 Å². The zero-order valence-corrected chi connectivity index (χ0v) is 8.44. The zero-order chi connectivity index (χ0) is 9.97. The Labute approximate surface area is 83.1 Å². The number of aromatic nitrogens is 3. The molecule has 2 heterocycles. The summed E-state index contributed by atoms with van der Waals surface area (Å²) >= 11 is 0. The lowest BCUT2D eigenvalue weighted by Gasteiger charge is -2.06. The van der Waals surface area contributed by atoms with Gasteiger partial charge in [0.2, 0.25) is 0 Å². The summed E-state index contributed by atoms with van der Waals surface area (Å²) in [6, 6.07) is 3.98. The quantitative estimate of drug-likeness (QED) is 0.791. The third-order valence-electron chi connectivity index (χ3n) is 2.39. The topological polar surface area (TPSA) is 34.8 Å². The molecule has 74 valence electrons. The van der Waals surface area contributed by atoms with Crippen molar-refractivity contribution in [3.63, 3.8) is 0 Å². The third kappa shape index (κ3) is 1.64. The standard InChI is InChI=1S/C10H14N4/c1-9-10(7-11-13(9)2)8-12-14-5-3-4-6-14/h3-7,12H,8H2,1-2H3. The van der Waals surface area contributed by atoms with Crippen LogP contribution < -0.4 is 5.43 Å². The van der Waals surface area contributed by atoms with Crippen LogP contribution in [0.2, 0.25) is 0 Å². The van der Waals surface area contributed by atoms with Gasteiger partial charge in [0.1, 0.15) is 0 Å². The molecule has 2 rings (SSSR count). The van der Waals surface area contributed by atoms with Gasteiger partial charge in [-0.05, 0) is 19.1 Å². The van der Waals surface area contributed by atoms with Crippen molar-refractivity contribution in [2.75, 3.05) is 5.43 Å². The maximum Gasteiger partial charge on any atom is 0.0597 e. The van der Waals surface area contributed by atoms with E-state index in [2.05, 4.69) is 17.4 Å². The fourth-order valence-corrected chi connectivity index (χ4v) is 1.33. The minimum Gasteiger partial charge on any atom is -0.322 e. The van der Waals surface area contributed by atoms with Gasteiger partial charge in [-0.15, -0.1) is 0 Å². The predicted molar refractivity (Wildman–Crippen MR) is 55.4 cm³/mol. The molecule has 0 spiro atoms. The molecule has 0 unspecified atom stereocenters. The molecule has 2 aromatic heterocycles. The van der Waals surface area contributed by atoms with E-state index >= 15 is 0 Å². The van der Waals surface area contributed by atoms with E-state index in [0.29, 0.717) is 0 Å². The Morgan fingerprint density at radius 1 is 1.36 bits per heavy atom. The van der Waals surface area contributed by atoms with Gasteiger partial charge in [0.05, 0.1) is 12.7 Å². The van der Waals surface area contributed by atoms with E-state index in [1.807, 2.05) is 47.1 Å². The van der Waals surface area contributed by atoms with Gasteiger partial charge in [-0.1, -0.05) is 0 Å². The van der Waals surface area contributed by atoms with Crippen molar-refractivity contribution in [1.82, 2.24) is 14.5 Å². The monoisotopic (exact) mass is 190 g/mol. The van der Waals surface area contributed by atoms with Gasteiger partial charge in [-0.2, -0.15) is 5.10 Å². The second-order valence-corrected chi connectivity index (χ2v) is 3.30. The second kappa shape index (κ2) is 3.57. The first-order valence-corrected chi connectivity index (χ1v) is 4.61. The Morgan fingerprint density at radius 2 is 2.07 bits per heavy atom. The average Bonchev–Trinajstić information content (AvgIpc) is 2.77. The fraction of sp³-hybridized carbons (Fsp3) is 0.300. The van der Waals surface area contributed by atoms with Gasteiger partial charge in [-0.3, -0.25) is 9.36 Å². The highest BCUT2D eigenvalue weighted by atomic mass is 15.4. The maximum absolute atomic E-state index is 4.18. The first-order chi connectivity index (χ1) is 6.77. The first-order valence-electron chi connectivity index (χ1n) is 4.61. The number of rotatable bonds is 3. The molecule has 14 heavy (non-hydrogen) atoms. The summed E-state index contributed by atoms with van der Waals surface area (Å²) in [5.41, 5.74) is 5.68. The van der Waals surface area contributed by atoms with E-state index in [1.54, 1.807) is 0 Å². The van der Waals surface area contributed by atoms with Crippen LogP contribution in [0.25, 0.3) is 0 Å². The number of nitrogens with one attached hydrogen (secondary N) is 1. The Hall–Kier alpha value is -1.71. The van der Waals surface area contributed by atoms with E-state index in [0.717, 1.165) is 6.54 Å². The molecule has 0 amide bonds. The smallest absolute Gasteiger partial charge is 0.0597 e. The molecule has 0 aliphatic rings. The summed E-state index contributed by atoms with van der Waals surface area (Å²) < 4.78 is 3.82. The van der Waals surface area contributed by atoms with Crippen molar-refractivity contribution in [2.24, 2.45) is 7.05 Å². The van der Waals surface area contributed by atoms with Crippen molar-refractivity contribution in [3.8, 4) is 0 Å². The molecule has 0 radical (unpaired) electrons. The highest BCUT2D eigenvalue weighted by Gasteiger charge is 2.01. The molecule has 0 aliphatic heterocycles. The van der Waals surface area contributed by atoms with Gasteiger partial charge < -0.3 is 5.43 Å². The molecular formula is C10H14N4. The van der Waals surface area contributed by atoms with E-state index in [4.69, 9.17) is 0 Å². The lowest BCUT2D eigenvalue weighted by atomic mass is 10.3. The fourth-order valence-electron chi connectivity index (χ4n) is 1.33. The molecule has 0 atom stereocenters. The predicted octanol–water partition coefficient (Wildman–Crippen LogP) is 1.27. The van der Waals surface area contributed by atoms with Gasteiger partial charge in [0.15, 0.2) is 0 Å². The highest BCUT2D eigenvalue weighted by Crippen LogP contribution is 2.05. The Bertz CT molecular complexity index is 400. The van der Waals surface area contributed by atoms with E-state index in [1.165, 1.54) is 11.3 Å². The number of hydrogen-bond donors (Lipinski definition) is 1. The Morgan fingerprint density at radius 3 is 2.64 bits per heavy atom. The van der Waals surface area contributed by atoms with Gasteiger partial charge in [0, 0.05) is 30.7 Å². The van der Waals surface area contributed by atoms with Crippen LogP contribution in [0.5, 0.6) is 0 Å². The van der Waals surface area contributed by atoms with Crippen molar-refractivity contribution in [3.05, 3.63) is 42.0 Å². The van der Waals surface area contributed by atoms with Gasteiger partial charge in [-0.25, -0.2) is 0 Å². The van der Waals surface area contributed by atoms with Crippen LogP contribution in [0, 0.1) is 6.92 Å². The van der Waals surface area contributed by atoms with Crippen LogP contribution in [-0.2, 0) is 13.6 Å². The summed E-state index contributed by atoms with van der Waals surface area (Å²) in [7, 11) is 1.95. The van der Waals surface area contributed by atoms with Crippen molar-refractivity contribution >= 4 is 0 Å². The van der Waals surface area contributed by atoms with Crippen LogP contribution in [0.15, 0.2) is 30.7 Å². The zero-order valence-electron chi connectivity index (χ0n) is 8.44. The molecule has 0 saturated carbocycles. The van der Waals surface area contributed by atoms with E-state index < -0.39 is 0 Å². The highest BCUT2D eigenvalue weighted by molar-refractivity contribution is 5.17. The van der Waals surface area contributed by atoms with Crippen LogP contribution in [0.4, 0.5) is 0 Å². The molecule has 4 heteroatoms. The molecule has 0 aliphatic carbocycles. The summed E-state index contributed by atoms with van der Waals surface area (Å²) in [4.78, 5) is 0. The van der Waals surface area contributed by atoms with Crippen molar-refractivity contribution in [2.45, 2.75) is 13.5 Å². The molecule has 0 fully saturated rings. The second-order valence-electron chi connectivity index (χ2n) is 3.30. The Balaban J connectivity index is 2.02. The number of nitrogens with zero attached hydrogens (tertiary/aromatic N) is 3. The van der Waals surface area contributed by atoms with Crippen LogP contribution in [0.3, 0.4) is 0 Å². The van der Waals surface area contributed by atoms with Crippen molar-refractivity contribution in [1.29, 1.82) is 0 Å². The summed E-state index contributed by atoms with van der Waals surface area (Å²) in [6.45, 7) is 2.87. The van der Waals surface area contributed by atoms with Crippen LogP contribution in [0.1, 0.15) is 11.3 Å². The third-order valence-corrected chi connectivity index (χ3v) is 2.39. The molecule has 0 bridgehead atoms. The minimum atomic E-state index is 0.800. The molecule has 1 N–H and O–H groups in total. The Kier molecular flexibility index (Phi) is 2.26. The van der Waals surface area contributed by atoms with E-state index in [9.17, 15) is 0 Å². The average molecular weight is 190 g/mol. The summed E-state index contributed by atoms with van der Waals surface area (Å²) in [5.74, 6) is 0. The summed E-state index contributed by atoms with van der Waals surface area (Å²) in [5, 5.41) is 4.18. The molecular weight excluding hydrogens is 176 g/mol. The van der Waals surface area contributed by atoms with Gasteiger partial charge >= 0.3 is 0 Å². The minimum absolute atomic E-state index is 0.800. The number of hydrogen-bond acceptors (Lipinski definition) is 2. The lowest BCUT2D eigenvalue weighted by Crippen LogP contribution is -2.12. The molecule has 0 aromatic carbocycles.